The van der Waals surface area contributed by atoms with Crippen molar-refractivity contribution in [1.29, 1.82) is 0 Å². The zero-order valence-corrected chi connectivity index (χ0v) is 5.79. The Morgan fingerprint density at radius 2 is 2.10 bits per heavy atom. The van der Waals surface area contributed by atoms with Gasteiger partial charge in [-0.1, -0.05) is 6.07 Å². The Bertz CT molecular complexity index is 272. The molecule has 1 aromatic rings. The molecule has 0 aliphatic heterocycles. The fraction of sp³-hybridized carbons (Fsp3) is 0.143. The summed E-state index contributed by atoms with van der Waals surface area (Å²) in [6.45, 7) is 0. The molecule has 1 aliphatic rings. The van der Waals surface area contributed by atoms with Crippen LogP contribution in [0, 0.1) is 0 Å². The number of hydrogen-bond acceptors (Lipinski definition) is 1. The van der Waals surface area contributed by atoms with Gasteiger partial charge in [-0.05, 0) is 11.4 Å². The topological polar surface area (TPSA) is 0 Å². The first-order chi connectivity index (χ1) is 4.70. The van der Waals surface area contributed by atoms with Gasteiger partial charge in [0.25, 0.3) is 5.92 Å². The number of allylic oxidation sites excluding steroid dienone is 2. The van der Waals surface area contributed by atoms with Gasteiger partial charge in [-0.3, -0.25) is 0 Å². The van der Waals surface area contributed by atoms with E-state index in [1.165, 1.54) is 11.3 Å². The number of alkyl halides is 2. The summed E-state index contributed by atoms with van der Waals surface area (Å²) in [5.41, 5.74) is 0.183. The van der Waals surface area contributed by atoms with E-state index >= 15 is 0 Å². The number of halogens is 2. The minimum Gasteiger partial charge on any atom is -0.196 e. The zero-order chi connectivity index (χ0) is 7.19. The minimum atomic E-state index is -2.61. The lowest BCUT2D eigenvalue weighted by atomic mass is 10.4. The summed E-state index contributed by atoms with van der Waals surface area (Å²) >= 11 is 1.35. The van der Waals surface area contributed by atoms with Crippen molar-refractivity contribution in [2.45, 2.75) is 5.92 Å². The molecule has 0 radical (unpaired) electrons. The molecule has 0 saturated carbocycles. The zero-order valence-electron chi connectivity index (χ0n) is 4.97. The molecular weight excluding hydrogens is 154 g/mol. The summed E-state index contributed by atoms with van der Waals surface area (Å²) in [4.78, 5) is 0.685. The van der Waals surface area contributed by atoms with Gasteiger partial charge >= 0.3 is 0 Å². The van der Waals surface area contributed by atoms with Crippen molar-refractivity contribution >= 4 is 16.9 Å². The van der Waals surface area contributed by atoms with Crippen LogP contribution in [0.1, 0.15) is 4.88 Å². The maximum atomic E-state index is 12.3. The fourth-order valence-electron chi connectivity index (χ4n) is 0.812. The Morgan fingerprint density at radius 1 is 1.40 bits per heavy atom. The minimum absolute atomic E-state index is 0.183. The Kier molecular flexibility index (Phi) is 1.01. The maximum Gasteiger partial charge on any atom is 0.293 e. The summed E-state index contributed by atoms with van der Waals surface area (Å²) in [7, 11) is 0. The molecule has 10 heavy (non-hydrogen) atoms. The Balaban J connectivity index is 2.27. The lowest BCUT2D eigenvalue weighted by molar-refractivity contribution is 0.159. The Labute approximate surface area is 60.8 Å². The van der Waals surface area contributed by atoms with Crippen LogP contribution in [0.3, 0.4) is 0 Å². The number of rotatable bonds is 1. The van der Waals surface area contributed by atoms with Crippen LogP contribution < -0.4 is 0 Å². The molecule has 1 aromatic heterocycles. The van der Waals surface area contributed by atoms with Crippen LogP contribution in [0.25, 0.3) is 5.57 Å². The standard InChI is InChI=1S/C7H4F2S/c8-7(9)4-5(7)6-2-1-3-10-6/h1-4H. The Morgan fingerprint density at radius 3 is 2.50 bits per heavy atom. The van der Waals surface area contributed by atoms with E-state index in [4.69, 9.17) is 0 Å². The van der Waals surface area contributed by atoms with Gasteiger partial charge in [0.1, 0.15) is 0 Å². The highest BCUT2D eigenvalue weighted by Gasteiger charge is 2.46. The van der Waals surface area contributed by atoms with Gasteiger partial charge in [0.05, 0.1) is 0 Å². The molecule has 0 nitrogen and oxygen atoms in total. The second kappa shape index (κ2) is 1.66. The van der Waals surface area contributed by atoms with Crippen LogP contribution in [0.15, 0.2) is 23.6 Å². The van der Waals surface area contributed by atoms with Crippen LogP contribution >= 0.6 is 11.3 Å². The van der Waals surface area contributed by atoms with Crippen molar-refractivity contribution in [3.05, 3.63) is 28.5 Å². The normalized spacial score (nSPS) is 20.4. The smallest absolute Gasteiger partial charge is 0.196 e. The molecule has 0 bridgehead atoms. The quantitative estimate of drug-likeness (QED) is 0.589. The van der Waals surface area contributed by atoms with E-state index < -0.39 is 5.92 Å². The average molecular weight is 158 g/mol. The van der Waals surface area contributed by atoms with E-state index in [0.29, 0.717) is 4.88 Å². The summed E-state index contributed by atoms with van der Waals surface area (Å²) in [6.07, 6.45) is 0.985. The van der Waals surface area contributed by atoms with Gasteiger partial charge in [0, 0.05) is 16.5 Å². The molecule has 0 aromatic carbocycles. The molecular formula is C7H4F2S. The monoisotopic (exact) mass is 158 g/mol. The lowest BCUT2D eigenvalue weighted by Crippen LogP contribution is -1.91. The third kappa shape index (κ3) is 0.778. The van der Waals surface area contributed by atoms with Crippen molar-refractivity contribution in [3.63, 3.8) is 0 Å². The molecule has 1 aliphatic carbocycles. The fourth-order valence-corrected chi connectivity index (χ4v) is 1.60. The Hall–Kier alpha value is -0.700. The molecule has 0 unspecified atom stereocenters. The van der Waals surface area contributed by atoms with Crippen LogP contribution in [-0.2, 0) is 0 Å². The van der Waals surface area contributed by atoms with E-state index in [9.17, 15) is 8.78 Å². The summed E-state index contributed by atoms with van der Waals surface area (Å²) in [5.74, 6) is -2.61. The van der Waals surface area contributed by atoms with Gasteiger partial charge in [-0.25, -0.2) is 0 Å². The van der Waals surface area contributed by atoms with E-state index in [1.54, 1.807) is 17.5 Å². The van der Waals surface area contributed by atoms with Crippen molar-refractivity contribution in [1.82, 2.24) is 0 Å². The first kappa shape index (κ1) is 6.04. The SMILES string of the molecule is FC1(F)C=C1c1cccs1. The first-order valence-corrected chi connectivity index (χ1v) is 3.73. The average Bonchev–Trinajstić information content (AvgIpc) is 2.31. The highest BCUT2D eigenvalue weighted by Crippen LogP contribution is 2.48. The third-order valence-corrected chi connectivity index (χ3v) is 2.29. The lowest BCUT2D eigenvalue weighted by Gasteiger charge is -1.91. The number of hydrogen-bond donors (Lipinski definition) is 0. The van der Waals surface area contributed by atoms with Gasteiger partial charge in [-0.2, -0.15) is 8.78 Å². The summed E-state index contributed by atoms with van der Waals surface area (Å²) < 4.78 is 24.5. The van der Waals surface area contributed by atoms with Gasteiger partial charge < -0.3 is 0 Å². The summed E-state index contributed by atoms with van der Waals surface area (Å²) in [6, 6.07) is 3.48. The van der Waals surface area contributed by atoms with Crippen molar-refractivity contribution < 1.29 is 8.78 Å². The summed E-state index contributed by atoms with van der Waals surface area (Å²) in [5, 5.41) is 1.80. The largest absolute Gasteiger partial charge is 0.293 e. The molecule has 0 saturated heterocycles. The molecule has 0 amide bonds. The predicted octanol–water partition coefficient (Wildman–Crippen LogP) is 2.78. The van der Waals surface area contributed by atoms with Crippen LogP contribution in [0.5, 0.6) is 0 Å². The van der Waals surface area contributed by atoms with Crippen molar-refractivity contribution in [2.75, 3.05) is 0 Å². The first-order valence-electron chi connectivity index (χ1n) is 2.85. The van der Waals surface area contributed by atoms with Gasteiger partial charge in [0.2, 0.25) is 0 Å². The van der Waals surface area contributed by atoms with Crippen LogP contribution in [0.2, 0.25) is 0 Å². The molecule has 0 atom stereocenters. The van der Waals surface area contributed by atoms with E-state index in [-0.39, 0.29) is 5.57 Å². The predicted molar refractivity (Wildman–Crippen MR) is 37.2 cm³/mol. The van der Waals surface area contributed by atoms with Crippen molar-refractivity contribution in [3.8, 4) is 0 Å². The van der Waals surface area contributed by atoms with E-state index in [1.807, 2.05) is 0 Å². The highest BCUT2D eigenvalue weighted by molar-refractivity contribution is 7.11. The van der Waals surface area contributed by atoms with Crippen molar-refractivity contribution in [2.24, 2.45) is 0 Å². The van der Waals surface area contributed by atoms with E-state index in [2.05, 4.69) is 0 Å². The third-order valence-electron chi connectivity index (χ3n) is 1.39. The second-order valence-corrected chi connectivity index (χ2v) is 3.11. The molecule has 3 heteroatoms. The maximum absolute atomic E-state index is 12.3. The molecule has 52 valence electrons. The molecule has 0 N–H and O–H groups in total. The molecule has 2 rings (SSSR count). The molecule has 0 spiro atoms. The van der Waals surface area contributed by atoms with Crippen LogP contribution in [0.4, 0.5) is 8.78 Å². The molecule has 1 heterocycles. The highest BCUT2D eigenvalue weighted by atomic mass is 32.1. The number of thiophene rings is 1. The van der Waals surface area contributed by atoms with E-state index in [0.717, 1.165) is 6.08 Å². The van der Waals surface area contributed by atoms with Gasteiger partial charge in [0.15, 0.2) is 0 Å². The van der Waals surface area contributed by atoms with Gasteiger partial charge in [-0.15, -0.1) is 11.3 Å². The second-order valence-electron chi connectivity index (χ2n) is 2.16. The van der Waals surface area contributed by atoms with Crippen LogP contribution in [-0.4, -0.2) is 5.92 Å². The molecule has 0 fully saturated rings.